The molecule has 0 spiro atoms. The first-order chi connectivity index (χ1) is 16.1. The van der Waals surface area contributed by atoms with Gasteiger partial charge in [-0.15, -0.1) is 11.8 Å². The molecule has 0 radical (unpaired) electrons. The second-order valence-corrected chi connectivity index (χ2v) is 9.75. The Bertz CT molecular complexity index is 1090. The van der Waals surface area contributed by atoms with Gasteiger partial charge in [0.2, 0.25) is 11.8 Å². The first-order valence-electron chi connectivity index (χ1n) is 11.5. The number of benzene rings is 2. The van der Waals surface area contributed by atoms with Crippen LogP contribution in [0.2, 0.25) is 0 Å². The number of nitrogens with zero attached hydrogens (tertiary/aromatic N) is 3. The normalized spacial score (nSPS) is 20.5. The lowest BCUT2D eigenvalue weighted by Crippen LogP contribution is -2.52. The molecule has 3 aliphatic heterocycles. The van der Waals surface area contributed by atoms with Gasteiger partial charge in [-0.05, 0) is 42.5 Å². The number of carbonyl (C=O) groups excluding carboxylic acids is 3. The summed E-state index contributed by atoms with van der Waals surface area (Å²) in [5.41, 5.74) is 3.14. The molecule has 0 saturated carbocycles. The molecule has 1 saturated heterocycles. The highest BCUT2D eigenvalue weighted by Crippen LogP contribution is 2.40. The predicted octanol–water partition coefficient (Wildman–Crippen LogP) is 3.43. The lowest BCUT2D eigenvalue weighted by Gasteiger charge is -2.35. The van der Waals surface area contributed by atoms with Crippen molar-refractivity contribution in [3.8, 4) is 0 Å². The fraction of sp³-hybridized carbons (Fsp3) is 0.346. The summed E-state index contributed by atoms with van der Waals surface area (Å²) < 4.78 is 0. The molecule has 3 heterocycles. The summed E-state index contributed by atoms with van der Waals surface area (Å²) in [7, 11) is 0. The molecule has 33 heavy (non-hydrogen) atoms. The molecule has 2 aromatic carbocycles. The van der Waals surface area contributed by atoms with Crippen LogP contribution in [-0.2, 0) is 14.4 Å². The molecule has 1 atom stereocenters. The van der Waals surface area contributed by atoms with Crippen molar-refractivity contribution in [3.63, 3.8) is 0 Å². The van der Waals surface area contributed by atoms with Crippen molar-refractivity contribution in [2.24, 2.45) is 0 Å². The Morgan fingerprint density at radius 3 is 2.36 bits per heavy atom. The largest absolute Gasteiger partial charge is 0.341 e. The van der Waals surface area contributed by atoms with Crippen molar-refractivity contribution in [1.29, 1.82) is 0 Å². The highest BCUT2D eigenvalue weighted by molar-refractivity contribution is 8.01. The molecule has 1 fully saturated rings. The minimum atomic E-state index is -0.822. The van der Waals surface area contributed by atoms with Gasteiger partial charge >= 0.3 is 0 Å². The number of thioether (sulfide) groups is 1. The molecular weight excluding hydrogens is 434 g/mol. The number of carbonyl (C=O) groups is 3. The highest BCUT2D eigenvalue weighted by atomic mass is 32.2. The molecule has 3 aliphatic rings. The summed E-state index contributed by atoms with van der Waals surface area (Å²) in [6.45, 7) is 2.50. The van der Waals surface area contributed by atoms with E-state index in [9.17, 15) is 14.4 Å². The van der Waals surface area contributed by atoms with E-state index in [0.29, 0.717) is 31.9 Å². The monoisotopic (exact) mass is 461 g/mol. The van der Waals surface area contributed by atoms with Crippen molar-refractivity contribution in [2.75, 3.05) is 37.6 Å². The number of rotatable bonds is 4. The van der Waals surface area contributed by atoms with Crippen LogP contribution < -0.4 is 4.90 Å². The smallest absolute Gasteiger partial charge is 0.250 e. The summed E-state index contributed by atoms with van der Waals surface area (Å²) in [4.78, 5) is 45.7. The minimum Gasteiger partial charge on any atom is -0.341 e. The van der Waals surface area contributed by atoms with E-state index in [1.807, 2.05) is 42.5 Å². The second-order valence-electron chi connectivity index (χ2n) is 8.61. The van der Waals surface area contributed by atoms with E-state index in [1.165, 1.54) is 27.8 Å². The van der Waals surface area contributed by atoms with Crippen LogP contribution in [0.4, 0.5) is 5.69 Å². The summed E-state index contributed by atoms with van der Waals surface area (Å²) in [6, 6.07) is 17.7. The SMILES string of the molecule is O=C(CN1C(=O)C(C(=O)N2CCCC2)Sc2ccccc21)N1CC=C(c2ccccc2)CC1. The number of likely N-dealkylation sites (tertiary alicyclic amines) is 1. The lowest BCUT2D eigenvalue weighted by atomic mass is 9.99. The van der Waals surface area contributed by atoms with E-state index in [-0.39, 0.29) is 24.3 Å². The molecule has 3 amide bonds. The van der Waals surface area contributed by atoms with Crippen LogP contribution in [0.3, 0.4) is 0 Å². The number of hydrogen-bond acceptors (Lipinski definition) is 4. The van der Waals surface area contributed by atoms with Crippen molar-refractivity contribution in [1.82, 2.24) is 9.80 Å². The lowest BCUT2D eigenvalue weighted by molar-refractivity contribution is -0.135. The van der Waals surface area contributed by atoms with Gasteiger partial charge in [-0.1, -0.05) is 48.5 Å². The molecule has 0 bridgehead atoms. The van der Waals surface area contributed by atoms with E-state index in [4.69, 9.17) is 0 Å². The Morgan fingerprint density at radius 2 is 1.64 bits per heavy atom. The molecule has 2 aromatic rings. The zero-order valence-electron chi connectivity index (χ0n) is 18.5. The Morgan fingerprint density at radius 1 is 0.909 bits per heavy atom. The van der Waals surface area contributed by atoms with E-state index in [0.717, 1.165) is 24.2 Å². The fourth-order valence-corrected chi connectivity index (χ4v) is 5.87. The Hall–Kier alpha value is -3.06. The maximum absolute atomic E-state index is 13.4. The fourth-order valence-electron chi connectivity index (χ4n) is 4.69. The average molecular weight is 462 g/mol. The van der Waals surface area contributed by atoms with Crippen molar-refractivity contribution < 1.29 is 14.4 Å². The van der Waals surface area contributed by atoms with E-state index < -0.39 is 5.25 Å². The summed E-state index contributed by atoms with van der Waals surface area (Å²) in [6.07, 6.45) is 4.83. The molecule has 5 rings (SSSR count). The minimum absolute atomic E-state index is 0.0469. The first kappa shape index (κ1) is 21.8. The summed E-state index contributed by atoms with van der Waals surface area (Å²) in [5, 5.41) is -0.822. The van der Waals surface area contributed by atoms with Gasteiger partial charge in [-0.3, -0.25) is 14.4 Å². The molecule has 170 valence electrons. The summed E-state index contributed by atoms with van der Waals surface area (Å²) in [5.74, 6) is -0.523. The van der Waals surface area contributed by atoms with Crippen molar-refractivity contribution in [3.05, 3.63) is 66.2 Å². The number of amides is 3. The Balaban J connectivity index is 1.32. The topological polar surface area (TPSA) is 60.9 Å². The molecule has 0 N–H and O–H groups in total. The second kappa shape index (κ2) is 9.43. The molecule has 1 unspecified atom stereocenters. The molecule has 6 nitrogen and oxygen atoms in total. The van der Waals surface area contributed by atoms with Crippen LogP contribution in [0.15, 0.2) is 65.6 Å². The van der Waals surface area contributed by atoms with Crippen molar-refractivity contribution >= 4 is 40.7 Å². The van der Waals surface area contributed by atoms with E-state index in [2.05, 4.69) is 18.2 Å². The van der Waals surface area contributed by atoms with E-state index >= 15 is 0 Å². The third-order valence-electron chi connectivity index (χ3n) is 6.53. The Kier molecular flexibility index (Phi) is 6.22. The van der Waals surface area contributed by atoms with Gasteiger partial charge < -0.3 is 14.7 Å². The van der Waals surface area contributed by atoms with Crippen molar-refractivity contribution in [2.45, 2.75) is 29.4 Å². The molecular formula is C26H27N3O3S. The highest BCUT2D eigenvalue weighted by Gasteiger charge is 2.41. The van der Waals surface area contributed by atoms with Crippen LogP contribution in [0.5, 0.6) is 0 Å². The molecule has 0 aromatic heterocycles. The third kappa shape index (κ3) is 4.42. The van der Waals surface area contributed by atoms with Crippen LogP contribution in [0, 0.1) is 0 Å². The van der Waals surface area contributed by atoms with Gasteiger partial charge in [0, 0.05) is 31.1 Å². The van der Waals surface area contributed by atoms with Gasteiger partial charge in [-0.2, -0.15) is 0 Å². The van der Waals surface area contributed by atoms with Crippen LogP contribution in [0.25, 0.3) is 5.57 Å². The summed E-state index contributed by atoms with van der Waals surface area (Å²) >= 11 is 1.31. The van der Waals surface area contributed by atoms with Crippen LogP contribution in [0.1, 0.15) is 24.8 Å². The van der Waals surface area contributed by atoms with Gasteiger partial charge in [0.25, 0.3) is 5.91 Å². The Labute approximate surface area is 198 Å². The molecule has 0 aliphatic carbocycles. The quantitative estimate of drug-likeness (QED) is 0.655. The zero-order valence-corrected chi connectivity index (χ0v) is 19.3. The van der Waals surface area contributed by atoms with Gasteiger partial charge in [0.15, 0.2) is 5.25 Å². The number of para-hydroxylation sites is 1. The van der Waals surface area contributed by atoms with Gasteiger partial charge in [-0.25, -0.2) is 0 Å². The molecule has 7 heteroatoms. The maximum Gasteiger partial charge on any atom is 0.250 e. The van der Waals surface area contributed by atoms with Crippen LogP contribution in [-0.4, -0.2) is 65.5 Å². The third-order valence-corrected chi connectivity index (χ3v) is 7.77. The standard InChI is InChI=1S/C26H27N3O3S/c30-23(27-16-12-20(13-17-27)19-8-2-1-3-9-19)18-29-21-10-4-5-11-22(21)33-24(26(29)32)25(31)28-14-6-7-15-28/h1-5,8-12,24H,6-7,13-18H2. The zero-order chi connectivity index (χ0) is 22.8. The van der Waals surface area contributed by atoms with Gasteiger partial charge in [0.1, 0.15) is 6.54 Å². The number of fused-ring (bicyclic) bond motifs is 1. The number of anilines is 1. The van der Waals surface area contributed by atoms with E-state index in [1.54, 1.807) is 9.80 Å². The predicted molar refractivity (Wildman–Crippen MR) is 130 cm³/mol. The maximum atomic E-state index is 13.4. The van der Waals surface area contributed by atoms with Gasteiger partial charge in [0.05, 0.1) is 5.69 Å². The average Bonchev–Trinajstić information content (AvgIpc) is 3.41. The van der Waals surface area contributed by atoms with Crippen LogP contribution >= 0.6 is 11.8 Å². The number of hydrogen-bond donors (Lipinski definition) is 0. The first-order valence-corrected chi connectivity index (χ1v) is 12.4.